The van der Waals surface area contributed by atoms with Gasteiger partial charge in [-0.15, -0.1) is 0 Å². The fraction of sp³-hybridized carbons (Fsp3) is 0.176. The van der Waals surface area contributed by atoms with Crippen LogP contribution in [0.5, 0.6) is 0 Å². The molecule has 8 nitrogen and oxygen atoms in total. The van der Waals surface area contributed by atoms with Crippen molar-refractivity contribution in [2.45, 2.75) is 19.9 Å². The highest BCUT2D eigenvalue weighted by atomic mass is 19.3. The average molecular weight is 371 g/mol. The molecule has 0 fully saturated rings. The quantitative estimate of drug-likeness (QED) is 0.500. The van der Waals surface area contributed by atoms with Gasteiger partial charge in [0.05, 0.1) is 34.7 Å². The lowest BCUT2D eigenvalue weighted by Crippen LogP contribution is -2.12. The highest BCUT2D eigenvalue weighted by molar-refractivity contribution is 6.08. The SMILES string of the molecule is CCn1cc(-c2[nH]ncc2C(=O)Nc2ccc3nc(C(F)F)[nH]c3c2)cn1. The van der Waals surface area contributed by atoms with Gasteiger partial charge in [-0.25, -0.2) is 13.8 Å². The predicted octanol–water partition coefficient (Wildman–Crippen LogP) is 3.36. The summed E-state index contributed by atoms with van der Waals surface area (Å²) in [5.41, 5.74) is 2.91. The van der Waals surface area contributed by atoms with Crippen molar-refractivity contribution >= 4 is 22.6 Å². The maximum absolute atomic E-state index is 12.8. The van der Waals surface area contributed by atoms with Gasteiger partial charge in [-0.05, 0) is 25.1 Å². The minimum absolute atomic E-state index is 0.351. The third kappa shape index (κ3) is 3.16. The number of halogens is 2. The molecular weight excluding hydrogens is 356 g/mol. The molecule has 138 valence electrons. The van der Waals surface area contributed by atoms with E-state index in [9.17, 15) is 13.6 Å². The second kappa shape index (κ2) is 6.63. The van der Waals surface area contributed by atoms with Crippen molar-refractivity contribution in [3.8, 4) is 11.3 Å². The Labute approximate surface area is 151 Å². The molecule has 0 aliphatic heterocycles. The summed E-state index contributed by atoms with van der Waals surface area (Å²) in [5.74, 6) is -0.783. The number of nitrogens with zero attached hydrogens (tertiary/aromatic N) is 4. The molecule has 4 aromatic rings. The molecular formula is C17H15F2N7O. The zero-order valence-electron chi connectivity index (χ0n) is 14.2. The number of fused-ring (bicyclic) bond motifs is 1. The van der Waals surface area contributed by atoms with Crippen LogP contribution in [0.2, 0.25) is 0 Å². The molecule has 1 amide bonds. The van der Waals surface area contributed by atoms with Crippen molar-refractivity contribution in [2.24, 2.45) is 0 Å². The van der Waals surface area contributed by atoms with E-state index in [4.69, 9.17) is 0 Å². The molecule has 0 spiro atoms. The monoisotopic (exact) mass is 371 g/mol. The van der Waals surface area contributed by atoms with Crippen LogP contribution in [0.3, 0.4) is 0 Å². The molecule has 0 saturated carbocycles. The smallest absolute Gasteiger partial charge is 0.295 e. The van der Waals surface area contributed by atoms with Crippen molar-refractivity contribution in [1.29, 1.82) is 0 Å². The summed E-state index contributed by atoms with van der Waals surface area (Å²) in [5, 5.41) is 13.7. The number of benzene rings is 1. The average Bonchev–Trinajstić information content (AvgIpc) is 3.38. The maximum Gasteiger partial charge on any atom is 0.295 e. The van der Waals surface area contributed by atoms with Crippen LogP contribution in [-0.2, 0) is 6.54 Å². The molecule has 0 radical (unpaired) electrons. The van der Waals surface area contributed by atoms with Crippen LogP contribution in [0.4, 0.5) is 14.5 Å². The third-order valence-electron chi connectivity index (χ3n) is 4.09. The van der Waals surface area contributed by atoms with E-state index in [0.717, 1.165) is 5.56 Å². The number of aryl methyl sites for hydroxylation is 1. The molecule has 0 bridgehead atoms. The number of amides is 1. The molecule has 4 rings (SSSR count). The Morgan fingerprint density at radius 2 is 2.19 bits per heavy atom. The van der Waals surface area contributed by atoms with Gasteiger partial charge < -0.3 is 10.3 Å². The van der Waals surface area contributed by atoms with Gasteiger partial charge in [-0.2, -0.15) is 10.2 Å². The van der Waals surface area contributed by atoms with Crippen molar-refractivity contribution in [3.63, 3.8) is 0 Å². The van der Waals surface area contributed by atoms with Crippen LogP contribution in [0, 0.1) is 0 Å². The molecule has 3 N–H and O–H groups in total. The van der Waals surface area contributed by atoms with E-state index in [1.54, 1.807) is 29.1 Å². The number of hydrogen-bond donors (Lipinski definition) is 3. The van der Waals surface area contributed by atoms with Crippen LogP contribution >= 0.6 is 0 Å². The first-order valence-corrected chi connectivity index (χ1v) is 8.20. The number of aromatic amines is 2. The number of carbonyl (C=O) groups is 1. The largest absolute Gasteiger partial charge is 0.337 e. The predicted molar refractivity (Wildman–Crippen MR) is 94.5 cm³/mol. The summed E-state index contributed by atoms with van der Waals surface area (Å²) in [6.07, 6.45) is 2.20. The molecule has 0 saturated heterocycles. The Morgan fingerprint density at radius 1 is 1.33 bits per heavy atom. The Balaban J connectivity index is 1.59. The zero-order valence-corrected chi connectivity index (χ0v) is 14.2. The number of rotatable bonds is 5. The lowest BCUT2D eigenvalue weighted by molar-refractivity contribution is 0.102. The van der Waals surface area contributed by atoms with E-state index in [2.05, 4.69) is 30.6 Å². The maximum atomic E-state index is 12.8. The number of H-pyrrole nitrogens is 2. The molecule has 1 aromatic carbocycles. The first-order chi connectivity index (χ1) is 13.0. The number of hydrogen-bond acceptors (Lipinski definition) is 4. The van der Waals surface area contributed by atoms with Crippen molar-refractivity contribution in [1.82, 2.24) is 29.9 Å². The van der Waals surface area contributed by atoms with Crippen LogP contribution in [0.1, 0.15) is 29.5 Å². The number of aromatic nitrogens is 6. The summed E-state index contributed by atoms with van der Waals surface area (Å²) in [6, 6.07) is 4.72. The van der Waals surface area contributed by atoms with E-state index in [0.29, 0.717) is 34.5 Å². The molecule has 3 aromatic heterocycles. The summed E-state index contributed by atoms with van der Waals surface area (Å²) in [4.78, 5) is 19.0. The minimum Gasteiger partial charge on any atom is -0.337 e. The molecule has 0 atom stereocenters. The Bertz CT molecular complexity index is 1110. The van der Waals surface area contributed by atoms with E-state index in [-0.39, 0.29) is 5.91 Å². The zero-order chi connectivity index (χ0) is 19.0. The lowest BCUT2D eigenvalue weighted by atomic mass is 10.1. The van der Waals surface area contributed by atoms with Crippen LogP contribution < -0.4 is 5.32 Å². The number of anilines is 1. The van der Waals surface area contributed by atoms with Crippen LogP contribution in [0.25, 0.3) is 22.3 Å². The van der Waals surface area contributed by atoms with Gasteiger partial charge in [0.15, 0.2) is 5.82 Å². The van der Waals surface area contributed by atoms with Crippen LogP contribution in [-0.4, -0.2) is 35.9 Å². The van der Waals surface area contributed by atoms with E-state index >= 15 is 0 Å². The molecule has 0 aliphatic carbocycles. The van der Waals surface area contributed by atoms with Gasteiger partial charge in [0, 0.05) is 24.0 Å². The highest BCUT2D eigenvalue weighted by Crippen LogP contribution is 2.24. The molecule has 10 heteroatoms. The van der Waals surface area contributed by atoms with Gasteiger partial charge in [-0.3, -0.25) is 14.6 Å². The van der Waals surface area contributed by atoms with E-state index in [1.807, 2.05) is 13.1 Å². The standard InChI is InChI=1S/C17H15F2N7O/c1-2-26-8-9(6-21-26)14-11(7-20-25-14)17(27)22-10-3-4-12-13(5-10)24-16(23-12)15(18)19/h3-8,15H,2H2,1H3,(H,20,25)(H,22,27)(H,23,24). The van der Waals surface area contributed by atoms with Gasteiger partial charge in [-0.1, -0.05) is 0 Å². The summed E-state index contributed by atoms with van der Waals surface area (Å²) < 4.78 is 27.2. The third-order valence-corrected chi connectivity index (χ3v) is 4.09. The van der Waals surface area contributed by atoms with Gasteiger partial charge in [0.2, 0.25) is 0 Å². The Kier molecular flexibility index (Phi) is 4.15. The summed E-state index contributed by atoms with van der Waals surface area (Å²) >= 11 is 0. The highest BCUT2D eigenvalue weighted by Gasteiger charge is 2.18. The fourth-order valence-corrected chi connectivity index (χ4v) is 2.75. The first-order valence-electron chi connectivity index (χ1n) is 8.20. The molecule has 27 heavy (non-hydrogen) atoms. The Hall–Kier alpha value is -3.56. The van der Waals surface area contributed by atoms with Crippen molar-refractivity contribution in [3.05, 3.63) is 48.2 Å². The van der Waals surface area contributed by atoms with Gasteiger partial charge >= 0.3 is 0 Å². The fourth-order valence-electron chi connectivity index (χ4n) is 2.75. The normalized spacial score (nSPS) is 11.4. The topological polar surface area (TPSA) is 104 Å². The Morgan fingerprint density at radius 3 is 2.93 bits per heavy atom. The second-order valence-electron chi connectivity index (χ2n) is 5.85. The van der Waals surface area contributed by atoms with E-state index in [1.165, 1.54) is 6.20 Å². The molecule has 3 heterocycles. The molecule has 0 aliphatic rings. The number of alkyl halides is 2. The number of imidazole rings is 1. The van der Waals surface area contributed by atoms with Gasteiger partial charge in [0.25, 0.3) is 12.3 Å². The van der Waals surface area contributed by atoms with E-state index < -0.39 is 12.2 Å². The minimum atomic E-state index is -2.69. The lowest BCUT2D eigenvalue weighted by Gasteiger charge is -2.05. The number of carbonyl (C=O) groups excluding carboxylic acids is 1. The molecule has 0 unspecified atom stereocenters. The van der Waals surface area contributed by atoms with Crippen LogP contribution in [0.15, 0.2) is 36.8 Å². The van der Waals surface area contributed by atoms with Gasteiger partial charge in [0.1, 0.15) is 0 Å². The summed E-state index contributed by atoms with van der Waals surface area (Å²) in [7, 11) is 0. The van der Waals surface area contributed by atoms with Crippen molar-refractivity contribution in [2.75, 3.05) is 5.32 Å². The number of nitrogens with one attached hydrogen (secondary N) is 3. The van der Waals surface area contributed by atoms with Crippen molar-refractivity contribution < 1.29 is 13.6 Å². The second-order valence-corrected chi connectivity index (χ2v) is 5.85. The summed E-state index contributed by atoms with van der Waals surface area (Å²) in [6.45, 7) is 2.67. The first kappa shape index (κ1) is 16.9.